The Morgan fingerprint density at radius 1 is 1.09 bits per heavy atom. The molecule has 226 valence electrons. The summed E-state index contributed by atoms with van der Waals surface area (Å²) < 4.78 is 52.6. The van der Waals surface area contributed by atoms with Crippen molar-refractivity contribution in [2.24, 2.45) is 0 Å². The Labute approximate surface area is 252 Å². The van der Waals surface area contributed by atoms with Crippen molar-refractivity contribution >= 4 is 27.5 Å². The number of hydrogen-bond acceptors (Lipinski definition) is 8. The highest BCUT2D eigenvalue weighted by molar-refractivity contribution is 6.01. The van der Waals surface area contributed by atoms with E-state index in [4.69, 9.17) is 16.1 Å². The van der Waals surface area contributed by atoms with Crippen LogP contribution >= 0.6 is 0 Å². The summed E-state index contributed by atoms with van der Waals surface area (Å²) in [4.78, 5) is 18.1. The number of benzene rings is 2. The lowest BCUT2D eigenvalue weighted by Crippen LogP contribution is -2.51. The minimum absolute atomic E-state index is 0.0344. The number of ether oxygens (including phenoxy) is 1. The summed E-state index contributed by atoms with van der Waals surface area (Å²) in [7, 11) is 0. The summed E-state index contributed by atoms with van der Waals surface area (Å²) in [5.74, 6) is 1.42. The molecule has 2 aromatic carbocycles. The van der Waals surface area contributed by atoms with Crippen molar-refractivity contribution in [1.29, 1.82) is 0 Å². The molecule has 4 aliphatic heterocycles. The normalized spacial score (nSPS) is 26.4. The molecule has 4 aliphatic rings. The smallest absolute Gasteiger partial charge is 0.319 e. The number of hydrogen-bond donors (Lipinski definition) is 2. The summed E-state index contributed by atoms with van der Waals surface area (Å²) in [6, 6.07) is 7.57. The predicted octanol–water partition coefficient (Wildman–Crippen LogP) is 4.71. The first-order chi connectivity index (χ1) is 21.3. The van der Waals surface area contributed by atoms with Crippen LogP contribution in [0.25, 0.3) is 32.9 Å². The molecule has 0 aliphatic carbocycles. The van der Waals surface area contributed by atoms with Crippen LogP contribution in [0.2, 0.25) is 0 Å². The maximum atomic E-state index is 16.8. The van der Waals surface area contributed by atoms with Gasteiger partial charge in [0.2, 0.25) is 0 Å². The molecular weight excluding hydrogens is 569 g/mol. The number of nitrogens with zero attached hydrogens (tertiary/aromatic N) is 5. The number of phenols is 1. The SMILES string of the molecule is C#Cc1nc(-c2cc(O)cc3cccc(F)c23)c(F)c2nc(OC[C@@]34CCCN3C[C@H](F)C4)nc(N3CC4CCC(C3)N4)c12. The molecule has 0 saturated carbocycles. The van der Waals surface area contributed by atoms with Gasteiger partial charge in [0.05, 0.1) is 10.9 Å². The third-order valence-corrected chi connectivity index (χ3v) is 9.80. The van der Waals surface area contributed by atoms with Crippen LogP contribution in [0.5, 0.6) is 11.8 Å². The Kier molecular flexibility index (Phi) is 6.36. The molecule has 0 amide bonds. The second-order valence-electron chi connectivity index (χ2n) is 12.6. The van der Waals surface area contributed by atoms with Crippen molar-refractivity contribution in [2.45, 2.75) is 55.9 Å². The summed E-state index contributed by atoms with van der Waals surface area (Å²) in [5.41, 5.74) is -0.623. The number of pyridine rings is 1. The number of aromatic nitrogens is 3. The fourth-order valence-electron chi connectivity index (χ4n) is 7.88. The number of anilines is 1. The summed E-state index contributed by atoms with van der Waals surface area (Å²) in [6.45, 7) is 2.63. The Morgan fingerprint density at radius 2 is 1.91 bits per heavy atom. The number of rotatable bonds is 5. The minimum Gasteiger partial charge on any atom is -0.508 e. The number of alkyl halides is 1. The molecule has 2 aromatic heterocycles. The van der Waals surface area contributed by atoms with Gasteiger partial charge >= 0.3 is 6.01 Å². The van der Waals surface area contributed by atoms with E-state index in [0.29, 0.717) is 37.3 Å². The zero-order valence-electron chi connectivity index (χ0n) is 24.0. The number of halogens is 3. The van der Waals surface area contributed by atoms with E-state index in [9.17, 15) is 9.50 Å². The van der Waals surface area contributed by atoms with Gasteiger partial charge in [-0.1, -0.05) is 12.1 Å². The van der Waals surface area contributed by atoms with Gasteiger partial charge in [0, 0.05) is 49.1 Å². The van der Waals surface area contributed by atoms with Crippen molar-refractivity contribution in [3.8, 4) is 35.4 Å². The first-order valence-corrected chi connectivity index (χ1v) is 15.1. The maximum Gasteiger partial charge on any atom is 0.319 e. The zero-order chi connectivity index (χ0) is 30.2. The van der Waals surface area contributed by atoms with Crippen LogP contribution in [0, 0.1) is 24.0 Å². The molecule has 8 nitrogen and oxygen atoms in total. The molecule has 4 aromatic rings. The zero-order valence-corrected chi connectivity index (χ0v) is 24.0. The lowest BCUT2D eigenvalue weighted by molar-refractivity contribution is 0.107. The number of aromatic hydroxyl groups is 1. The molecule has 6 heterocycles. The molecule has 2 unspecified atom stereocenters. The van der Waals surface area contributed by atoms with Crippen molar-refractivity contribution in [1.82, 2.24) is 25.2 Å². The van der Waals surface area contributed by atoms with Crippen molar-refractivity contribution < 1.29 is 23.0 Å². The van der Waals surface area contributed by atoms with Crippen LogP contribution in [-0.2, 0) is 0 Å². The van der Waals surface area contributed by atoms with Crippen molar-refractivity contribution in [3.63, 3.8) is 0 Å². The standard InChI is InChI=1S/C33H31F3N6O2/c1-2-25-27-30(28(36)29(38-25)23-12-22(43)11-18-5-3-6-24(35)26(18)23)39-32(40-31(27)41-15-20-7-8-21(16-41)37-20)44-17-33-9-4-10-42(33)14-19(34)13-33/h1,3,5-6,11-12,19-21,37,43H,4,7-10,13-17H2/t19-,20?,21?,33+/m1/s1. The van der Waals surface area contributed by atoms with Gasteiger partial charge in [-0.25, -0.2) is 18.2 Å². The van der Waals surface area contributed by atoms with Crippen LogP contribution in [0.3, 0.4) is 0 Å². The lowest BCUT2D eigenvalue weighted by Gasteiger charge is -2.34. The van der Waals surface area contributed by atoms with E-state index in [2.05, 4.69) is 31.0 Å². The molecule has 4 fully saturated rings. The molecule has 2 N–H and O–H groups in total. The van der Waals surface area contributed by atoms with Crippen LogP contribution in [0.4, 0.5) is 19.0 Å². The van der Waals surface area contributed by atoms with Gasteiger partial charge in [-0.05, 0) is 61.7 Å². The van der Waals surface area contributed by atoms with Crippen molar-refractivity contribution in [3.05, 3.63) is 47.7 Å². The van der Waals surface area contributed by atoms with E-state index in [-0.39, 0.29) is 63.7 Å². The van der Waals surface area contributed by atoms with Gasteiger partial charge < -0.3 is 20.1 Å². The fraction of sp³-hybridized carbons (Fsp3) is 0.424. The van der Waals surface area contributed by atoms with Crippen LogP contribution < -0.4 is 15.0 Å². The quantitative estimate of drug-likeness (QED) is 0.319. The number of fused-ring (bicyclic) bond motifs is 5. The molecule has 11 heteroatoms. The highest BCUT2D eigenvalue weighted by atomic mass is 19.1. The molecule has 4 saturated heterocycles. The Morgan fingerprint density at radius 3 is 2.70 bits per heavy atom. The first-order valence-electron chi connectivity index (χ1n) is 15.1. The third-order valence-electron chi connectivity index (χ3n) is 9.80. The highest BCUT2D eigenvalue weighted by Crippen LogP contribution is 2.42. The van der Waals surface area contributed by atoms with Gasteiger partial charge in [0.15, 0.2) is 5.82 Å². The van der Waals surface area contributed by atoms with Gasteiger partial charge in [0.1, 0.15) is 47.1 Å². The summed E-state index contributed by atoms with van der Waals surface area (Å²) >= 11 is 0. The second kappa shape index (κ2) is 10.2. The average molecular weight is 601 g/mol. The molecule has 2 bridgehead atoms. The highest BCUT2D eigenvalue weighted by Gasteiger charge is 2.49. The average Bonchev–Trinajstić information content (AvgIpc) is 3.66. The Balaban J connectivity index is 1.31. The third kappa shape index (κ3) is 4.34. The maximum absolute atomic E-state index is 16.8. The van der Waals surface area contributed by atoms with E-state index in [1.54, 1.807) is 6.07 Å². The largest absolute Gasteiger partial charge is 0.508 e. The Bertz CT molecular complexity index is 1850. The van der Waals surface area contributed by atoms with E-state index in [1.165, 1.54) is 24.3 Å². The number of terminal acetylenes is 1. The molecule has 0 spiro atoms. The molecule has 4 atom stereocenters. The molecule has 0 radical (unpaired) electrons. The number of phenolic OH excluding ortho intramolecular Hbond substituents is 1. The molecular formula is C33H31F3N6O2. The first kappa shape index (κ1) is 27.4. The summed E-state index contributed by atoms with van der Waals surface area (Å²) in [5, 5.41) is 14.8. The topological polar surface area (TPSA) is 86.6 Å². The van der Waals surface area contributed by atoms with Gasteiger partial charge in [-0.3, -0.25) is 4.90 Å². The van der Waals surface area contributed by atoms with Crippen LogP contribution in [0.15, 0.2) is 30.3 Å². The molecule has 44 heavy (non-hydrogen) atoms. The predicted molar refractivity (Wildman–Crippen MR) is 160 cm³/mol. The van der Waals surface area contributed by atoms with Crippen molar-refractivity contribution in [2.75, 3.05) is 37.7 Å². The minimum atomic E-state index is -0.926. The van der Waals surface area contributed by atoms with E-state index in [1.807, 2.05) is 0 Å². The number of nitrogens with one attached hydrogen (secondary N) is 1. The monoisotopic (exact) mass is 600 g/mol. The van der Waals surface area contributed by atoms with Gasteiger partial charge in [0.25, 0.3) is 0 Å². The number of piperazine rings is 1. The van der Waals surface area contributed by atoms with E-state index >= 15 is 8.78 Å². The lowest BCUT2D eigenvalue weighted by atomic mass is 9.95. The van der Waals surface area contributed by atoms with E-state index in [0.717, 1.165) is 32.2 Å². The van der Waals surface area contributed by atoms with Gasteiger partial charge in [-0.2, -0.15) is 9.97 Å². The van der Waals surface area contributed by atoms with Crippen LogP contribution in [-0.4, -0.2) is 81.5 Å². The fourth-order valence-corrected chi connectivity index (χ4v) is 7.88. The molecule has 8 rings (SSSR count). The second-order valence-corrected chi connectivity index (χ2v) is 12.6. The Hall–Kier alpha value is -4.14. The van der Waals surface area contributed by atoms with Gasteiger partial charge in [-0.15, -0.1) is 6.42 Å². The summed E-state index contributed by atoms with van der Waals surface area (Å²) in [6.07, 6.45) is 9.22. The van der Waals surface area contributed by atoms with E-state index < -0.39 is 23.3 Å². The van der Waals surface area contributed by atoms with Crippen LogP contribution in [0.1, 0.15) is 37.8 Å².